The number of carbonyl (C=O) groups is 1. The topological polar surface area (TPSA) is 83.7 Å². The van der Waals surface area contributed by atoms with Crippen molar-refractivity contribution in [2.45, 2.75) is 18.4 Å². The predicted molar refractivity (Wildman–Crippen MR) is 105 cm³/mol. The van der Waals surface area contributed by atoms with Gasteiger partial charge in [-0.1, -0.05) is 23.7 Å². The summed E-state index contributed by atoms with van der Waals surface area (Å²) in [5, 5.41) is 5.61. The van der Waals surface area contributed by atoms with E-state index in [1.54, 1.807) is 30.0 Å². The van der Waals surface area contributed by atoms with E-state index in [9.17, 15) is 17.6 Å². The molecule has 1 saturated heterocycles. The lowest BCUT2D eigenvalue weighted by Gasteiger charge is -2.35. The Bertz CT molecular complexity index is 1010. The van der Waals surface area contributed by atoms with Crippen LogP contribution in [0, 0.1) is 12.7 Å². The fourth-order valence-electron chi connectivity index (χ4n) is 3.22. The summed E-state index contributed by atoms with van der Waals surface area (Å²) in [7, 11) is -3.89. The van der Waals surface area contributed by atoms with Crippen molar-refractivity contribution in [3.05, 3.63) is 63.9 Å². The number of primary sulfonamides is 1. The lowest BCUT2D eigenvalue weighted by Crippen LogP contribution is -2.48. The van der Waals surface area contributed by atoms with Crippen molar-refractivity contribution in [3.63, 3.8) is 0 Å². The smallest absolute Gasteiger partial charge is 0.253 e. The average Bonchev–Trinajstić information content (AvgIpc) is 2.63. The van der Waals surface area contributed by atoms with E-state index in [0.29, 0.717) is 48.9 Å². The number of halogens is 2. The third kappa shape index (κ3) is 4.70. The van der Waals surface area contributed by atoms with E-state index in [1.807, 2.05) is 0 Å². The summed E-state index contributed by atoms with van der Waals surface area (Å²) >= 11 is 6.08. The maximum atomic E-state index is 13.2. The van der Waals surface area contributed by atoms with Crippen molar-refractivity contribution in [1.29, 1.82) is 0 Å². The van der Waals surface area contributed by atoms with Gasteiger partial charge in [0.1, 0.15) is 5.82 Å². The molecule has 2 aromatic rings. The Balaban J connectivity index is 1.65. The molecule has 0 aliphatic carbocycles. The van der Waals surface area contributed by atoms with Gasteiger partial charge in [-0.05, 0) is 42.3 Å². The standard InChI is InChI=1S/C19H21ClFN3O3S/c1-13-2-3-14(10-18(13)28(22,26)27)19(25)24-8-6-23(7-9-24)12-15-4-5-16(21)11-17(15)20/h2-5,10-11H,6-9,12H2,1H3,(H2,22,26,27). The lowest BCUT2D eigenvalue weighted by molar-refractivity contribution is 0.0628. The zero-order valence-corrected chi connectivity index (χ0v) is 16.9. The van der Waals surface area contributed by atoms with Crippen LogP contribution in [0.15, 0.2) is 41.3 Å². The molecule has 1 aliphatic rings. The number of nitrogens with zero attached hydrogens (tertiary/aromatic N) is 2. The van der Waals surface area contributed by atoms with Gasteiger partial charge in [0.05, 0.1) is 4.90 Å². The molecular formula is C19H21ClFN3O3S. The molecule has 2 aromatic carbocycles. The van der Waals surface area contributed by atoms with Gasteiger partial charge < -0.3 is 4.90 Å². The first-order valence-corrected chi connectivity index (χ1v) is 10.7. The van der Waals surface area contributed by atoms with Crippen molar-refractivity contribution in [3.8, 4) is 0 Å². The SMILES string of the molecule is Cc1ccc(C(=O)N2CCN(Cc3ccc(F)cc3Cl)CC2)cc1S(N)(=O)=O. The molecule has 1 amide bonds. The second kappa shape index (κ2) is 8.16. The van der Waals surface area contributed by atoms with Crippen LogP contribution >= 0.6 is 11.6 Å². The molecule has 2 N–H and O–H groups in total. The number of piperazine rings is 1. The highest BCUT2D eigenvalue weighted by Crippen LogP contribution is 2.21. The third-order valence-corrected chi connectivity index (χ3v) is 6.21. The summed E-state index contributed by atoms with van der Waals surface area (Å²) < 4.78 is 36.5. The van der Waals surface area contributed by atoms with Gasteiger partial charge in [0.25, 0.3) is 5.91 Å². The lowest BCUT2D eigenvalue weighted by atomic mass is 10.1. The number of amides is 1. The highest BCUT2D eigenvalue weighted by atomic mass is 35.5. The largest absolute Gasteiger partial charge is 0.336 e. The fourth-order valence-corrected chi connectivity index (χ4v) is 4.26. The van der Waals surface area contributed by atoms with Gasteiger partial charge in [0.2, 0.25) is 10.0 Å². The molecule has 6 nitrogen and oxygen atoms in total. The molecule has 0 radical (unpaired) electrons. The Morgan fingerprint density at radius 2 is 1.82 bits per heavy atom. The second-order valence-corrected chi connectivity index (χ2v) is 8.77. The van der Waals surface area contributed by atoms with Gasteiger partial charge in [-0.25, -0.2) is 17.9 Å². The summed E-state index contributed by atoms with van der Waals surface area (Å²) in [6.45, 7) is 4.46. The third-order valence-electron chi connectivity index (χ3n) is 4.81. The van der Waals surface area contributed by atoms with Crippen LogP contribution in [0.2, 0.25) is 5.02 Å². The Hall–Kier alpha value is -2.00. The van der Waals surface area contributed by atoms with Gasteiger partial charge >= 0.3 is 0 Å². The first-order valence-electron chi connectivity index (χ1n) is 8.74. The molecule has 9 heteroatoms. The maximum Gasteiger partial charge on any atom is 0.253 e. The van der Waals surface area contributed by atoms with Crippen molar-refractivity contribution in [2.75, 3.05) is 26.2 Å². The number of carbonyl (C=O) groups excluding carboxylic acids is 1. The molecule has 0 aromatic heterocycles. The summed E-state index contributed by atoms with van der Waals surface area (Å²) in [5.74, 6) is -0.606. The second-order valence-electron chi connectivity index (χ2n) is 6.83. The average molecular weight is 426 g/mol. The molecule has 150 valence electrons. The summed E-state index contributed by atoms with van der Waals surface area (Å²) in [6, 6.07) is 8.85. The molecule has 1 fully saturated rings. The van der Waals surface area contributed by atoms with Gasteiger partial charge in [-0.15, -0.1) is 0 Å². The van der Waals surface area contributed by atoms with Gasteiger partial charge in [0, 0.05) is 43.3 Å². The van der Waals surface area contributed by atoms with E-state index in [1.165, 1.54) is 18.2 Å². The summed E-state index contributed by atoms with van der Waals surface area (Å²) in [6.07, 6.45) is 0. The quantitative estimate of drug-likeness (QED) is 0.815. The van der Waals surface area contributed by atoms with Gasteiger partial charge in [-0.3, -0.25) is 9.69 Å². The molecule has 0 saturated carbocycles. The predicted octanol–water partition coefficient (Wildman–Crippen LogP) is 2.39. The first kappa shape index (κ1) is 20.7. The molecule has 0 bridgehead atoms. The highest BCUT2D eigenvalue weighted by molar-refractivity contribution is 7.89. The maximum absolute atomic E-state index is 13.2. The van der Waals surface area contributed by atoms with Crippen LogP contribution in [-0.2, 0) is 16.6 Å². The van der Waals surface area contributed by atoms with Crippen LogP contribution in [0.1, 0.15) is 21.5 Å². The molecule has 0 atom stereocenters. The van der Waals surface area contributed by atoms with Gasteiger partial charge in [-0.2, -0.15) is 0 Å². The minimum atomic E-state index is -3.89. The Labute approximate surface area is 168 Å². The van der Waals surface area contributed by atoms with Crippen LogP contribution < -0.4 is 5.14 Å². The number of sulfonamides is 1. The minimum absolute atomic E-state index is 0.0389. The minimum Gasteiger partial charge on any atom is -0.336 e. The Morgan fingerprint density at radius 1 is 1.14 bits per heavy atom. The van der Waals surface area contributed by atoms with E-state index in [0.717, 1.165) is 5.56 Å². The van der Waals surface area contributed by atoms with Crippen molar-refractivity contribution in [1.82, 2.24) is 9.80 Å². The van der Waals surface area contributed by atoms with Crippen LogP contribution in [-0.4, -0.2) is 50.3 Å². The number of rotatable bonds is 4. The number of benzene rings is 2. The zero-order chi connectivity index (χ0) is 20.5. The number of aryl methyl sites for hydroxylation is 1. The van der Waals surface area contributed by atoms with Crippen LogP contribution in [0.5, 0.6) is 0 Å². The molecule has 3 rings (SSSR count). The summed E-state index contributed by atoms with van der Waals surface area (Å²) in [4.78, 5) is 16.5. The fraction of sp³-hybridized carbons (Fsp3) is 0.316. The normalized spacial score (nSPS) is 15.6. The molecule has 28 heavy (non-hydrogen) atoms. The van der Waals surface area contributed by atoms with E-state index < -0.39 is 10.0 Å². The Morgan fingerprint density at radius 3 is 2.43 bits per heavy atom. The molecule has 1 aliphatic heterocycles. The highest BCUT2D eigenvalue weighted by Gasteiger charge is 2.24. The van der Waals surface area contributed by atoms with E-state index >= 15 is 0 Å². The van der Waals surface area contributed by atoms with E-state index in [-0.39, 0.29) is 16.6 Å². The van der Waals surface area contributed by atoms with Crippen LogP contribution in [0.3, 0.4) is 0 Å². The monoisotopic (exact) mass is 425 g/mol. The van der Waals surface area contributed by atoms with Gasteiger partial charge in [0.15, 0.2) is 0 Å². The number of hydrogen-bond acceptors (Lipinski definition) is 4. The molecule has 1 heterocycles. The van der Waals surface area contributed by atoms with Crippen molar-refractivity contribution < 1.29 is 17.6 Å². The molecule has 0 unspecified atom stereocenters. The van der Waals surface area contributed by atoms with Crippen molar-refractivity contribution in [2.24, 2.45) is 5.14 Å². The number of nitrogens with two attached hydrogens (primary N) is 1. The molecular weight excluding hydrogens is 405 g/mol. The summed E-state index contributed by atoms with van der Waals surface area (Å²) in [5.41, 5.74) is 1.63. The number of hydrogen-bond donors (Lipinski definition) is 1. The van der Waals surface area contributed by atoms with Crippen molar-refractivity contribution >= 4 is 27.5 Å². The van der Waals surface area contributed by atoms with E-state index in [2.05, 4.69) is 4.90 Å². The van der Waals surface area contributed by atoms with Crippen LogP contribution in [0.25, 0.3) is 0 Å². The van der Waals surface area contributed by atoms with Crippen LogP contribution in [0.4, 0.5) is 4.39 Å². The Kier molecular flexibility index (Phi) is 6.04. The van der Waals surface area contributed by atoms with E-state index in [4.69, 9.17) is 16.7 Å². The zero-order valence-electron chi connectivity index (χ0n) is 15.4. The molecule has 0 spiro atoms. The first-order chi connectivity index (χ1) is 13.1.